The summed E-state index contributed by atoms with van der Waals surface area (Å²) in [6.07, 6.45) is 3.56. The number of carbonyl (C=O) groups excluding carboxylic acids is 2. The van der Waals surface area contributed by atoms with Crippen molar-refractivity contribution in [1.29, 1.82) is 0 Å². The van der Waals surface area contributed by atoms with E-state index in [9.17, 15) is 9.59 Å². The van der Waals surface area contributed by atoms with Crippen molar-refractivity contribution in [3.05, 3.63) is 163 Å². The van der Waals surface area contributed by atoms with E-state index in [-0.39, 0.29) is 0 Å². The second-order valence-electron chi connectivity index (χ2n) is 11.4. The van der Waals surface area contributed by atoms with E-state index in [2.05, 4.69) is 80.4 Å². The van der Waals surface area contributed by atoms with Gasteiger partial charge in [-0.25, -0.2) is 9.59 Å². The molecule has 0 fully saturated rings. The second-order valence-corrected chi connectivity index (χ2v) is 11.4. The van der Waals surface area contributed by atoms with E-state index in [0.717, 1.165) is 40.3 Å². The fraction of sp³-hybridized carbons (Fsp3) is 0.143. The minimum Gasteiger partial charge on any atom is -0.493 e. The van der Waals surface area contributed by atoms with Gasteiger partial charge in [-0.1, -0.05) is 72.8 Å². The van der Waals surface area contributed by atoms with Crippen molar-refractivity contribution in [2.24, 2.45) is 0 Å². The lowest BCUT2D eigenvalue weighted by atomic mass is 10.1. The van der Waals surface area contributed by atoms with Crippen LogP contribution in [0.4, 0.5) is 17.1 Å². The highest BCUT2D eigenvalue weighted by Gasteiger charge is 2.16. The van der Waals surface area contributed by atoms with Crippen molar-refractivity contribution < 1.29 is 28.5 Å². The van der Waals surface area contributed by atoms with E-state index >= 15 is 0 Å². The van der Waals surface area contributed by atoms with Crippen LogP contribution in [0.2, 0.25) is 0 Å². The van der Waals surface area contributed by atoms with Gasteiger partial charge in [0.15, 0.2) is 0 Å². The number of hydrogen-bond acceptors (Lipinski definition) is 7. The zero-order valence-corrected chi connectivity index (χ0v) is 27.8. The lowest BCUT2D eigenvalue weighted by Gasteiger charge is -2.27. The highest BCUT2D eigenvalue weighted by atomic mass is 16.5. The number of benzene rings is 5. The van der Waals surface area contributed by atoms with Crippen molar-refractivity contribution in [1.82, 2.24) is 0 Å². The molecule has 5 rings (SSSR count). The largest absolute Gasteiger partial charge is 0.493 e. The summed E-state index contributed by atoms with van der Waals surface area (Å²) in [4.78, 5) is 25.2. The van der Waals surface area contributed by atoms with Gasteiger partial charge in [0.1, 0.15) is 23.0 Å². The molecule has 0 bridgehead atoms. The van der Waals surface area contributed by atoms with Crippen molar-refractivity contribution >= 4 is 29.0 Å². The minimum atomic E-state index is -0.497. The number of esters is 2. The lowest BCUT2D eigenvalue weighted by molar-refractivity contribution is -0.129. The van der Waals surface area contributed by atoms with Crippen LogP contribution in [0.25, 0.3) is 0 Å². The molecular formula is C42H39NO6. The summed E-state index contributed by atoms with van der Waals surface area (Å²) in [6, 6.07) is 37.4. The molecule has 0 amide bonds. The van der Waals surface area contributed by atoms with E-state index in [1.165, 1.54) is 11.1 Å². The van der Waals surface area contributed by atoms with Crippen molar-refractivity contribution in [3.63, 3.8) is 0 Å². The van der Waals surface area contributed by atoms with E-state index in [0.29, 0.717) is 49.1 Å². The number of carbonyl (C=O) groups is 2. The average molecular weight is 654 g/mol. The van der Waals surface area contributed by atoms with Crippen LogP contribution < -0.4 is 23.8 Å². The maximum atomic E-state index is 11.5. The van der Waals surface area contributed by atoms with Crippen molar-refractivity contribution in [3.8, 4) is 23.0 Å². The first-order valence-electron chi connectivity index (χ1n) is 16.0. The first-order valence-corrected chi connectivity index (χ1v) is 16.0. The topological polar surface area (TPSA) is 74.3 Å². The fourth-order valence-corrected chi connectivity index (χ4v) is 5.02. The lowest BCUT2D eigenvalue weighted by Crippen LogP contribution is -2.11. The quantitative estimate of drug-likeness (QED) is 0.0634. The molecule has 0 aliphatic rings. The standard InChI is InChI=1S/C42H39NO6/c1-5-41(44)48-37-19-11-32(12-20-37)23-25-46-39-27-36(43(34-15-7-30(3)8-16-34)35-17-9-31(4)10-18-35)28-40(29-39)47-26-24-33-13-21-38(22-14-33)49-42(45)6-2/h5-22,27-29H,1-2,23-26H2,3-4H3. The molecule has 0 aromatic heterocycles. The summed E-state index contributed by atoms with van der Waals surface area (Å²) < 4.78 is 23.0. The van der Waals surface area contributed by atoms with Gasteiger partial charge in [-0.15, -0.1) is 0 Å². The van der Waals surface area contributed by atoms with Crippen LogP contribution in [0.5, 0.6) is 23.0 Å². The third-order valence-electron chi connectivity index (χ3n) is 7.64. The highest BCUT2D eigenvalue weighted by molar-refractivity contribution is 5.84. The number of rotatable bonds is 15. The third-order valence-corrected chi connectivity index (χ3v) is 7.64. The molecule has 0 saturated carbocycles. The van der Waals surface area contributed by atoms with Crippen LogP contribution in [0.1, 0.15) is 22.3 Å². The molecule has 7 nitrogen and oxygen atoms in total. The number of anilines is 3. The number of aryl methyl sites for hydroxylation is 2. The van der Waals surface area contributed by atoms with Gasteiger partial charge in [-0.05, 0) is 73.5 Å². The van der Waals surface area contributed by atoms with Crippen LogP contribution in [0.3, 0.4) is 0 Å². The smallest absolute Gasteiger partial charge is 0.335 e. The molecule has 5 aromatic carbocycles. The van der Waals surface area contributed by atoms with Crippen LogP contribution in [0, 0.1) is 13.8 Å². The highest BCUT2D eigenvalue weighted by Crippen LogP contribution is 2.39. The molecule has 0 aliphatic heterocycles. The Morgan fingerprint density at radius 2 is 0.918 bits per heavy atom. The molecule has 0 radical (unpaired) electrons. The van der Waals surface area contributed by atoms with E-state index in [4.69, 9.17) is 18.9 Å². The molecular weight excluding hydrogens is 614 g/mol. The maximum absolute atomic E-state index is 11.5. The van der Waals surface area contributed by atoms with Crippen LogP contribution >= 0.6 is 0 Å². The number of ether oxygens (including phenoxy) is 4. The van der Waals surface area contributed by atoms with Crippen molar-refractivity contribution in [2.45, 2.75) is 26.7 Å². The SMILES string of the molecule is C=CC(=O)Oc1ccc(CCOc2cc(OCCc3ccc(OC(=O)C=C)cc3)cc(N(c3ccc(C)cc3)c3ccc(C)cc3)c2)cc1. The van der Waals surface area contributed by atoms with Crippen molar-refractivity contribution in [2.75, 3.05) is 18.1 Å². The summed E-state index contributed by atoms with van der Waals surface area (Å²) in [5.74, 6) is 1.27. The summed E-state index contributed by atoms with van der Waals surface area (Å²) in [7, 11) is 0. The van der Waals surface area contributed by atoms with E-state index in [1.54, 1.807) is 24.3 Å². The molecule has 0 N–H and O–H groups in total. The van der Waals surface area contributed by atoms with Gasteiger partial charge >= 0.3 is 11.9 Å². The Hall–Kier alpha value is -6.08. The minimum absolute atomic E-state index is 0.423. The molecule has 49 heavy (non-hydrogen) atoms. The third kappa shape index (κ3) is 9.95. The Labute approximate surface area is 287 Å². The number of hydrogen-bond donors (Lipinski definition) is 0. The van der Waals surface area contributed by atoms with Gasteiger partial charge in [-0.3, -0.25) is 0 Å². The first-order chi connectivity index (χ1) is 23.8. The van der Waals surface area contributed by atoms with Gasteiger partial charge in [0.2, 0.25) is 0 Å². The molecule has 0 atom stereocenters. The summed E-state index contributed by atoms with van der Waals surface area (Å²) in [5.41, 5.74) is 7.33. The van der Waals surface area contributed by atoms with Gasteiger partial charge in [-0.2, -0.15) is 0 Å². The zero-order chi connectivity index (χ0) is 34.6. The molecule has 0 heterocycles. The molecule has 248 valence electrons. The maximum Gasteiger partial charge on any atom is 0.335 e. The summed E-state index contributed by atoms with van der Waals surface area (Å²) in [6.45, 7) is 11.9. The molecule has 0 unspecified atom stereocenters. The molecule has 0 saturated heterocycles. The Morgan fingerprint density at radius 1 is 0.531 bits per heavy atom. The predicted octanol–water partition coefficient (Wildman–Crippen LogP) is 9.20. The van der Waals surface area contributed by atoms with E-state index in [1.807, 2.05) is 42.5 Å². The fourth-order valence-electron chi connectivity index (χ4n) is 5.02. The summed E-state index contributed by atoms with van der Waals surface area (Å²) >= 11 is 0. The second kappa shape index (κ2) is 16.7. The molecule has 5 aromatic rings. The average Bonchev–Trinajstić information content (AvgIpc) is 3.11. The normalized spacial score (nSPS) is 10.5. The Bertz CT molecular complexity index is 1740. The van der Waals surface area contributed by atoms with Gasteiger partial charge in [0, 0.05) is 54.6 Å². The number of nitrogens with zero attached hydrogens (tertiary/aromatic N) is 1. The van der Waals surface area contributed by atoms with Gasteiger partial charge < -0.3 is 23.8 Å². The molecule has 0 spiro atoms. The van der Waals surface area contributed by atoms with Crippen LogP contribution in [-0.4, -0.2) is 25.2 Å². The van der Waals surface area contributed by atoms with Crippen LogP contribution in [0.15, 0.2) is 141 Å². The van der Waals surface area contributed by atoms with E-state index < -0.39 is 11.9 Å². The summed E-state index contributed by atoms with van der Waals surface area (Å²) in [5, 5.41) is 0. The Balaban J connectivity index is 1.37. The zero-order valence-electron chi connectivity index (χ0n) is 27.8. The Kier molecular flexibility index (Phi) is 11.6. The monoisotopic (exact) mass is 653 g/mol. The molecule has 7 heteroatoms. The van der Waals surface area contributed by atoms with Gasteiger partial charge in [0.05, 0.1) is 18.9 Å². The molecule has 0 aliphatic carbocycles. The Morgan fingerprint density at radius 3 is 1.29 bits per heavy atom. The van der Waals surface area contributed by atoms with Gasteiger partial charge in [0.25, 0.3) is 0 Å². The first kappa shape index (κ1) is 34.3. The predicted molar refractivity (Wildman–Crippen MR) is 194 cm³/mol. The van der Waals surface area contributed by atoms with Crippen LogP contribution in [-0.2, 0) is 22.4 Å².